The lowest BCUT2D eigenvalue weighted by Gasteiger charge is -2.19. The zero-order chi connectivity index (χ0) is 18.3. The maximum Gasteiger partial charge on any atom is 0.224 e. The zero-order valence-electron chi connectivity index (χ0n) is 13.9. The van der Waals surface area contributed by atoms with E-state index in [0.29, 0.717) is 11.3 Å². The first-order chi connectivity index (χ1) is 11.8. The summed E-state index contributed by atoms with van der Waals surface area (Å²) in [7, 11) is -3.43. The fourth-order valence-electron chi connectivity index (χ4n) is 2.25. The molecule has 1 heterocycles. The highest BCUT2D eigenvalue weighted by molar-refractivity contribution is 7.88. The van der Waals surface area contributed by atoms with Crippen molar-refractivity contribution in [3.8, 4) is 0 Å². The Bertz CT molecular complexity index is 813. The second-order valence-electron chi connectivity index (χ2n) is 5.57. The minimum absolute atomic E-state index is 0.0386. The largest absolute Gasteiger partial charge is 0.354 e. The number of sulfonamides is 1. The van der Waals surface area contributed by atoms with Crippen molar-refractivity contribution in [2.45, 2.75) is 13.0 Å². The topological polar surface area (TPSA) is 79.4 Å². The molecule has 1 aromatic heterocycles. The SMILES string of the molecule is CS(=O)(=O)N(CCNC(=O)Cc1cccc(F)c1)Cc1ccccn1. The van der Waals surface area contributed by atoms with Crippen LogP contribution in [0, 0.1) is 5.82 Å². The molecule has 0 saturated heterocycles. The Hall–Kier alpha value is -2.32. The summed E-state index contributed by atoms with van der Waals surface area (Å²) in [6.45, 7) is 0.428. The molecule has 0 bridgehead atoms. The number of nitrogens with one attached hydrogen (secondary N) is 1. The molecular weight excluding hydrogens is 345 g/mol. The van der Waals surface area contributed by atoms with Gasteiger partial charge >= 0.3 is 0 Å². The van der Waals surface area contributed by atoms with E-state index < -0.39 is 15.8 Å². The molecule has 0 unspecified atom stereocenters. The number of halogens is 1. The van der Waals surface area contributed by atoms with Gasteiger partial charge in [0.15, 0.2) is 0 Å². The highest BCUT2D eigenvalue weighted by Gasteiger charge is 2.17. The fourth-order valence-corrected chi connectivity index (χ4v) is 3.04. The minimum atomic E-state index is -3.43. The van der Waals surface area contributed by atoms with Crippen LogP contribution in [-0.2, 0) is 27.8 Å². The molecular formula is C17H20FN3O3S. The molecule has 8 heteroatoms. The van der Waals surface area contributed by atoms with Crippen LogP contribution < -0.4 is 5.32 Å². The van der Waals surface area contributed by atoms with E-state index in [1.54, 1.807) is 30.5 Å². The van der Waals surface area contributed by atoms with Crippen molar-refractivity contribution in [2.75, 3.05) is 19.3 Å². The number of hydrogen-bond donors (Lipinski definition) is 1. The molecule has 0 aliphatic heterocycles. The maximum atomic E-state index is 13.1. The molecule has 0 spiro atoms. The van der Waals surface area contributed by atoms with Crippen LogP contribution in [0.1, 0.15) is 11.3 Å². The summed E-state index contributed by atoms with van der Waals surface area (Å²) in [4.78, 5) is 16.0. The molecule has 1 aromatic carbocycles. The summed E-state index contributed by atoms with van der Waals surface area (Å²) in [6.07, 6.45) is 2.75. The molecule has 134 valence electrons. The van der Waals surface area contributed by atoms with Crippen LogP contribution in [0.2, 0.25) is 0 Å². The van der Waals surface area contributed by atoms with E-state index in [9.17, 15) is 17.6 Å². The van der Waals surface area contributed by atoms with Crippen molar-refractivity contribution in [3.63, 3.8) is 0 Å². The van der Waals surface area contributed by atoms with Crippen molar-refractivity contribution in [3.05, 3.63) is 65.7 Å². The van der Waals surface area contributed by atoms with Gasteiger partial charge in [0.25, 0.3) is 0 Å². The number of hydrogen-bond acceptors (Lipinski definition) is 4. The molecule has 0 aliphatic rings. The van der Waals surface area contributed by atoms with E-state index in [-0.39, 0.29) is 32.0 Å². The van der Waals surface area contributed by atoms with Crippen molar-refractivity contribution in [1.82, 2.24) is 14.6 Å². The first kappa shape index (κ1) is 19.0. The van der Waals surface area contributed by atoms with E-state index in [1.807, 2.05) is 0 Å². The molecule has 0 aliphatic carbocycles. The highest BCUT2D eigenvalue weighted by Crippen LogP contribution is 2.06. The van der Waals surface area contributed by atoms with E-state index >= 15 is 0 Å². The predicted octanol–water partition coefficient (Wildman–Crippen LogP) is 1.34. The van der Waals surface area contributed by atoms with E-state index in [2.05, 4.69) is 10.3 Å². The molecule has 0 fully saturated rings. The lowest BCUT2D eigenvalue weighted by molar-refractivity contribution is -0.120. The number of carbonyl (C=O) groups excluding carboxylic acids is 1. The minimum Gasteiger partial charge on any atom is -0.354 e. The molecule has 2 aromatic rings. The average Bonchev–Trinajstić information content (AvgIpc) is 2.54. The Morgan fingerprint density at radius 2 is 2.04 bits per heavy atom. The number of amides is 1. The second-order valence-corrected chi connectivity index (χ2v) is 7.56. The Morgan fingerprint density at radius 3 is 2.68 bits per heavy atom. The monoisotopic (exact) mass is 365 g/mol. The van der Waals surface area contributed by atoms with Gasteiger partial charge in [-0.3, -0.25) is 9.78 Å². The number of nitrogens with zero attached hydrogens (tertiary/aromatic N) is 2. The summed E-state index contributed by atoms with van der Waals surface area (Å²) < 4.78 is 38.1. The molecule has 2 rings (SSSR count). The lowest BCUT2D eigenvalue weighted by Crippen LogP contribution is -2.38. The van der Waals surface area contributed by atoms with Gasteiger partial charge in [-0.25, -0.2) is 12.8 Å². The van der Waals surface area contributed by atoms with Crippen LogP contribution in [-0.4, -0.2) is 43.0 Å². The number of pyridine rings is 1. The summed E-state index contributed by atoms with van der Waals surface area (Å²) in [6, 6.07) is 11.1. The first-order valence-corrected chi connectivity index (χ1v) is 9.55. The Kier molecular flexibility index (Phi) is 6.60. The van der Waals surface area contributed by atoms with Gasteiger partial charge in [0.05, 0.1) is 24.9 Å². The normalized spacial score (nSPS) is 11.5. The first-order valence-electron chi connectivity index (χ1n) is 7.71. The molecule has 0 saturated carbocycles. The summed E-state index contributed by atoms with van der Waals surface area (Å²) >= 11 is 0. The van der Waals surface area contributed by atoms with E-state index in [4.69, 9.17) is 0 Å². The fraction of sp³-hybridized carbons (Fsp3) is 0.294. The van der Waals surface area contributed by atoms with Gasteiger partial charge in [-0.2, -0.15) is 4.31 Å². The lowest BCUT2D eigenvalue weighted by atomic mass is 10.1. The smallest absolute Gasteiger partial charge is 0.224 e. The number of aromatic nitrogens is 1. The average molecular weight is 365 g/mol. The van der Waals surface area contributed by atoms with Gasteiger partial charge in [-0.15, -0.1) is 0 Å². The number of carbonyl (C=O) groups is 1. The molecule has 6 nitrogen and oxygen atoms in total. The third-order valence-corrected chi connectivity index (χ3v) is 4.72. The Morgan fingerprint density at radius 1 is 1.24 bits per heavy atom. The van der Waals surface area contributed by atoms with Crippen LogP contribution in [0.25, 0.3) is 0 Å². The third-order valence-electron chi connectivity index (χ3n) is 3.47. The standard InChI is InChI=1S/C17H20FN3O3S/c1-25(23,24)21(13-16-7-2-3-8-19-16)10-9-20-17(22)12-14-5-4-6-15(18)11-14/h2-8,11H,9-10,12-13H2,1H3,(H,20,22). The Labute approximate surface area is 146 Å². The second kappa shape index (κ2) is 8.68. The zero-order valence-corrected chi connectivity index (χ0v) is 14.7. The van der Waals surface area contributed by atoms with Crippen LogP contribution in [0.4, 0.5) is 4.39 Å². The Balaban J connectivity index is 1.87. The molecule has 0 radical (unpaired) electrons. The maximum absolute atomic E-state index is 13.1. The van der Waals surface area contributed by atoms with Gasteiger partial charge in [-0.05, 0) is 29.8 Å². The molecule has 1 amide bonds. The van der Waals surface area contributed by atoms with Crippen LogP contribution in [0.5, 0.6) is 0 Å². The third kappa shape index (κ3) is 6.60. The number of rotatable bonds is 8. The highest BCUT2D eigenvalue weighted by atomic mass is 32.2. The summed E-state index contributed by atoms with van der Waals surface area (Å²) in [5.74, 6) is -0.694. The van der Waals surface area contributed by atoms with E-state index in [0.717, 1.165) is 6.26 Å². The molecule has 1 N–H and O–H groups in total. The van der Waals surface area contributed by atoms with Crippen molar-refractivity contribution < 1.29 is 17.6 Å². The van der Waals surface area contributed by atoms with Crippen molar-refractivity contribution >= 4 is 15.9 Å². The predicted molar refractivity (Wildman–Crippen MR) is 92.6 cm³/mol. The number of benzene rings is 1. The van der Waals surface area contributed by atoms with Crippen LogP contribution in [0.15, 0.2) is 48.7 Å². The van der Waals surface area contributed by atoms with Crippen LogP contribution in [0.3, 0.4) is 0 Å². The molecule has 25 heavy (non-hydrogen) atoms. The van der Waals surface area contributed by atoms with Crippen molar-refractivity contribution in [2.24, 2.45) is 0 Å². The summed E-state index contributed by atoms with van der Waals surface area (Å²) in [5.41, 5.74) is 1.19. The van der Waals surface area contributed by atoms with Gasteiger partial charge in [0.1, 0.15) is 5.82 Å². The van der Waals surface area contributed by atoms with Gasteiger partial charge in [-0.1, -0.05) is 18.2 Å². The quantitative estimate of drug-likeness (QED) is 0.766. The van der Waals surface area contributed by atoms with Crippen molar-refractivity contribution in [1.29, 1.82) is 0 Å². The van der Waals surface area contributed by atoms with Crippen LogP contribution >= 0.6 is 0 Å². The summed E-state index contributed by atoms with van der Waals surface area (Å²) in [5, 5.41) is 2.65. The van der Waals surface area contributed by atoms with E-state index in [1.165, 1.54) is 22.5 Å². The molecule has 0 atom stereocenters. The van der Waals surface area contributed by atoms with Gasteiger partial charge in [0, 0.05) is 19.3 Å². The van der Waals surface area contributed by atoms with Gasteiger partial charge < -0.3 is 5.32 Å². The van der Waals surface area contributed by atoms with Gasteiger partial charge in [0.2, 0.25) is 15.9 Å².